The lowest BCUT2D eigenvalue weighted by Crippen LogP contribution is -2.53. The summed E-state index contributed by atoms with van der Waals surface area (Å²) in [6, 6.07) is 3.12. The zero-order valence-corrected chi connectivity index (χ0v) is 11.7. The van der Waals surface area contributed by atoms with Crippen LogP contribution in [0.2, 0.25) is 0 Å². The Morgan fingerprint density at radius 3 is 2.95 bits per heavy atom. The lowest BCUT2D eigenvalue weighted by Gasteiger charge is -2.35. The second-order valence-electron chi connectivity index (χ2n) is 4.52. The average Bonchev–Trinajstić information content (AvgIpc) is 2.52. The highest BCUT2D eigenvalue weighted by Gasteiger charge is 2.29. The van der Waals surface area contributed by atoms with Crippen LogP contribution in [0.15, 0.2) is 24.4 Å². The number of pyridine rings is 1. The van der Waals surface area contributed by atoms with E-state index in [1.165, 1.54) is 6.08 Å². The van der Waals surface area contributed by atoms with Crippen molar-refractivity contribution in [1.29, 1.82) is 0 Å². The van der Waals surface area contributed by atoms with E-state index in [-0.39, 0.29) is 5.91 Å². The molecule has 1 amide bonds. The molecule has 0 radical (unpaired) electrons. The van der Waals surface area contributed by atoms with Crippen molar-refractivity contribution in [1.82, 2.24) is 10.3 Å². The highest BCUT2D eigenvalue weighted by molar-refractivity contribution is 5.86. The highest BCUT2D eigenvalue weighted by atomic mass is 16.5. The summed E-state index contributed by atoms with van der Waals surface area (Å²) >= 11 is 0. The monoisotopic (exact) mass is 291 g/mol. The highest BCUT2D eigenvalue weighted by Crippen LogP contribution is 2.18. The fraction of sp³-hybridized carbons (Fsp3) is 0.357. The van der Waals surface area contributed by atoms with Crippen LogP contribution in [-0.4, -0.2) is 54.8 Å². The van der Waals surface area contributed by atoms with Gasteiger partial charge in [-0.15, -0.1) is 0 Å². The number of carbonyl (C=O) groups excluding carboxylic acids is 1. The van der Waals surface area contributed by atoms with Gasteiger partial charge in [0.15, 0.2) is 0 Å². The Hall–Kier alpha value is -2.41. The molecule has 112 valence electrons. The van der Waals surface area contributed by atoms with Gasteiger partial charge < -0.3 is 20.1 Å². The Kier molecular flexibility index (Phi) is 4.89. The number of carbonyl (C=O) groups is 2. The molecule has 0 aromatic carbocycles. The van der Waals surface area contributed by atoms with Gasteiger partial charge in [-0.25, -0.2) is 9.78 Å². The molecular weight excluding hydrogens is 274 g/mol. The minimum Gasteiger partial charge on any atom is -0.478 e. The Morgan fingerprint density at radius 2 is 2.33 bits per heavy atom. The molecule has 0 aliphatic carbocycles. The first-order valence-corrected chi connectivity index (χ1v) is 6.55. The number of morpholine rings is 1. The molecule has 1 aromatic heterocycles. The van der Waals surface area contributed by atoms with E-state index in [0.717, 1.165) is 6.08 Å². The molecule has 7 heteroatoms. The number of nitrogens with zero attached hydrogens (tertiary/aromatic N) is 2. The van der Waals surface area contributed by atoms with Crippen LogP contribution in [0.25, 0.3) is 6.08 Å². The van der Waals surface area contributed by atoms with Crippen LogP contribution in [0.4, 0.5) is 5.82 Å². The molecule has 2 heterocycles. The van der Waals surface area contributed by atoms with Crippen molar-refractivity contribution < 1.29 is 19.4 Å². The van der Waals surface area contributed by atoms with Gasteiger partial charge in [0.05, 0.1) is 13.2 Å². The summed E-state index contributed by atoms with van der Waals surface area (Å²) in [5, 5.41) is 11.2. The van der Waals surface area contributed by atoms with E-state index in [4.69, 9.17) is 9.84 Å². The first-order chi connectivity index (χ1) is 10.1. The van der Waals surface area contributed by atoms with Crippen LogP contribution in [0.5, 0.6) is 0 Å². The quantitative estimate of drug-likeness (QED) is 0.766. The number of hydrogen-bond donors (Lipinski definition) is 2. The van der Waals surface area contributed by atoms with Crippen LogP contribution in [0, 0.1) is 0 Å². The second-order valence-corrected chi connectivity index (χ2v) is 4.52. The minimum absolute atomic E-state index is 0.119. The van der Waals surface area contributed by atoms with E-state index < -0.39 is 12.0 Å². The Morgan fingerprint density at radius 1 is 1.52 bits per heavy atom. The summed E-state index contributed by atoms with van der Waals surface area (Å²) in [4.78, 5) is 28.5. The number of likely N-dealkylation sites (N-methyl/N-ethyl adjacent to an activating group) is 1. The second kappa shape index (κ2) is 6.85. The van der Waals surface area contributed by atoms with Gasteiger partial charge in [0.25, 0.3) is 0 Å². The van der Waals surface area contributed by atoms with E-state index in [0.29, 0.717) is 31.1 Å². The van der Waals surface area contributed by atoms with Crippen molar-refractivity contribution in [3.8, 4) is 0 Å². The first kappa shape index (κ1) is 15.0. The van der Waals surface area contributed by atoms with Crippen LogP contribution in [-0.2, 0) is 14.3 Å². The molecule has 21 heavy (non-hydrogen) atoms. The lowest BCUT2D eigenvalue weighted by atomic mass is 10.2. The van der Waals surface area contributed by atoms with Gasteiger partial charge >= 0.3 is 5.97 Å². The fourth-order valence-electron chi connectivity index (χ4n) is 2.10. The summed E-state index contributed by atoms with van der Waals surface area (Å²) in [5.41, 5.74) is 0.686. The molecule has 2 N–H and O–H groups in total. The summed E-state index contributed by atoms with van der Waals surface area (Å²) < 4.78 is 5.34. The third-order valence-electron chi connectivity index (χ3n) is 3.16. The van der Waals surface area contributed by atoms with E-state index >= 15 is 0 Å². The van der Waals surface area contributed by atoms with E-state index in [9.17, 15) is 9.59 Å². The Labute approximate surface area is 122 Å². The maximum absolute atomic E-state index is 11.9. The largest absolute Gasteiger partial charge is 0.478 e. The van der Waals surface area contributed by atoms with Crippen molar-refractivity contribution >= 4 is 23.8 Å². The van der Waals surface area contributed by atoms with Gasteiger partial charge in [-0.1, -0.05) is 0 Å². The molecule has 1 atom stereocenters. The summed E-state index contributed by atoms with van der Waals surface area (Å²) in [7, 11) is 1.59. The van der Waals surface area contributed by atoms with E-state index in [2.05, 4.69) is 10.3 Å². The molecule has 1 aromatic rings. The van der Waals surface area contributed by atoms with Crippen LogP contribution < -0.4 is 10.2 Å². The van der Waals surface area contributed by atoms with Gasteiger partial charge in [0.1, 0.15) is 11.9 Å². The van der Waals surface area contributed by atoms with Gasteiger partial charge in [0.2, 0.25) is 5.91 Å². The fourth-order valence-corrected chi connectivity index (χ4v) is 2.10. The number of amides is 1. The number of rotatable bonds is 4. The number of aliphatic carboxylic acids is 1. The van der Waals surface area contributed by atoms with Crippen LogP contribution in [0.1, 0.15) is 5.56 Å². The van der Waals surface area contributed by atoms with Gasteiger partial charge in [-0.2, -0.15) is 0 Å². The zero-order chi connectivity index (χ0) is 15.2. The molecule has 0 saturated carbocycles. The maximum atomic E-state index is 11.9. The normalized spacial score (nSPS) is 18.7. The number of ether oxygens (including phenoxy) is 1. The maximum Gasteiger partial charge on any atom is 0.328 e. The minimum atomic E-state index is -1.01. The Balaban J connectivity index is 2.16. The number of anilines is 1. The van der Waals surface area contributed by atoms with E-state index in [1.807, 2.05) is 4.90 Å². The smallest absolute Gasteiger partial charge is 0.328 e. The summed E-state index contributed by atoms with van der Waals surface area (Å²) in [6.45, 7) is 1.44. The molecule has 1 unspecified atom stereocenters. The predicted octanol–water partition coefficient (Wildman–Crippen LogP) is 0.131. The van der Waals surface area contributed by atoms with Crippen molar-refractivity contribution in [2.75, 3.05) is 31.7 Å². The van der Waals surface area contributed by atoms with Gasteiger partial charge in [-0.05, 0) is 23.8 Å². The molecule has 1 aliphatic heterocycles. The molecule has 7 nitrogen and oxygen atoms in total. The Bertz CT molecular complexity index is 542. The van der Waals surface area contributed by atoms with Crippen molar-refractivity contribution in [2.45, 2.75) is 6.04 Å². The number of nitrogens with one attached hydrogen (secondary N) is 1. The summed E-state index contributed by atoms with van der Waals surface area (Å²) in [5.74, 6) is -0.460. The molecule has 0 bridgehead atoms. The molecule has 1 saturated heterocycles. The number of carboxylic acid groups (broad SMARTS) is 1. The molecule has 2 rings (SSSR count). The molecule has 0 spiro atoms. The number of hydrogen-bond acceptors (Lipinski definition) is 5. The SMILES string of the molecule is CNC(=O)C1COCCN1c1ccc(/C=C/C(=O)O)cn1. The van der Waals surface area contributed by atoms with E-state index in [1.54, 1.807) is 25.4 Å². The van der Waals surface area contributed by atoms with Crippen molar-refractivity contribution in [2.24, 2.45) is 0 Å². The first-order valence-electron chi connectivity index (χ1n) is 6.55. The van der Waals surface area contributed by atoms with Gasteiger partial charge in [0, 0.05) is 25.9 Å². The summed E-state index contributed by atoms with van der Waals surface area (Å²) in [6.07, 6.45) is 4.10. The zero-order valence-electron chi connectivity index (χ0n) is 11.7. The topological polar surface area (TPSA) is 91.8 Å². The standard InChI is InChI=1S/C14H17N3O4/c1-15-14(20)11-9-21-7-6-17(11)12-4-2-10(8-16-12)3-5-13(18)19/h2-5,8,11H,6-7,9H2,1H3,(H,15,20)(H,18,19)/b5-3+. The molecular formula is C14H17N3O4. The molecule has 1 aliphatic rings. The number of carboxylic acids is 1. The van der Waals surface area contributed by atoms with Crippen molar-refractivity contribution in [3.63, 3.8) is 0 Å². The van der Waals surface area contributed by atoms with Crippen LogP contribution >= 0.6 is 0 Å². The van der Waals surface area contributed by atoms with Crippen LogP contribution in [0.3, 0.4) is 0 Å². The van der Waals surface area contributed by atoms with Crippen molar-refractivity contribution in [3.05, 3.63) is 30.0 Å². The van der Waals surface area contributed by atoms with Gasteiger partial charge in [-0.3, -0.25) is 4.79 Å². The average molecular weight is 291 g/mol. The third kappa shape index (κ3) is 3.79. The number of aromatic nitrogens is 1. The lowest BCUT2D eigenvalue weighted by molar-refractivity contribution is -0.131. The molecule has 1 fully saturated rings. The predicted molar refractivity (Wildman–Crippen MR) is 76.9 cm³/mol. The third-order valence-corrected chi connectivity index (χ3v) is 3.16.